The van der Waals surface area contributed by atoms with E-state index in [2.05, 4.69) is 31.2 Å². The van der Waals surface area contributed by atoms with Gasteiger partial charge in [-0.25, -0.2) is 14.4 Å². The second-order valence-corrected chi connectivity index (χ2v) is 5.28. The van der Waals surface area contributed by atoms with Gasteiger partial charge >= 0.3 is 0 Å². The highest BCUT2D eigenvalue weighted by Gasteiger charge is 2.11. The summed E-state index contributed by atoms with van der Waals surface area (Å²) in [5.41, 5.74) is 1.03. The van der Waals surface area contributed by atoms with E-state index in [0.29, 0.717) is 34.5 Å². The number of hydrogen-bond donors (Lipinski definition) is 1. The second kappa shape index (κ2) is 5.84. The molecule has 100 valence electrons. The lowest BCUT2D eigenvalue weighted by Gasteiger charge is -2.11. The Kier molecular flexibility index (Phi) is 4.37. The minimum atomic E-state index is -0.351. The lowest BCUT2D eigenvalue weighted by molar-refractivity contribution is 0.631. The first-order valence-corrected chi connectivity index (χ1v) is 6.93. The third kappa shape index (κ3) is 3.22. The predicted octanol–water partition coefficient (Wildman–Crippen LogP) is 4.65. The SMILES string of the molecule is CCc1nc(Cl)c(C)c(Nc2cc(Br)ccc2F)n1. The van der Waals surface area contributed by atoms with Gasteiger partial charge in [-0.1, -0.05) is 34.5 Å². The highest BCUT2D eigenvalue weighted by atomic mass is 79.9. The smallest absolute Gasteiger partial charge is 0.146 e. The summed E-state index contributed by atoms with van der Waals surface area (Å²) >= 11 is 9.35. The van der Waals surface area contributed by atoms with Crippen LogP contribution in [0.25, 0.3) is 0 Å². The number of rotatable bonds is 3. The van der Waals surface area contributed by atoms with Gasteiger partial charge in [0.1, 0.15) is 22.6 Å². The van der Waals surface area contributed by atoms with Crippen LogP contribution in [0.15, 0.2) is 22.7 Å². The maximum Gasteiger partial charge on any atom is 0.146 e. The Labute approximate surface area is 124 Å². The van der Waals surface area contributed by atoms with Crippen molar-refractivity contribution in [2.45, 2.75) is 20.3 Å². The van der Waals surface area contributed by atoms with E-state index in [-0.39, 0.29) is 5.82 Å². The van der Waals surface area contributed by atoms with Gasteiger partial charge in [-0.2, -0.15) is 0 Å². The Morgan fingerprint density at radius 2 is 2.11 bits per heavy atom. The standard InChI is InChI=1S/C13H12BrClFN3/c1-3-11-18-12(15)7(2)13(19-11)17-10-6-8(14)4-5-9(10)16/h4-6H,3H2,1-2H3,(H,17,18,19). The van der Waals surface area contributed by atoms with Gasteiger partial charge in [0.2, 0.25) is 0 Å². The van der Waals surface area contributed by atoms with E-state index < -0.39 is 0 Å². The third-order valence-corrected chi connectivity index (χ3v) is 3.49. The third-order valence-electron chi connectivity index (χ3n) is 2.63. The summed E-state index contributed by atoms with van der Waals surface area (Å²) in [6.07, 6.45) is 0.662. The fraction of sp³-hybridized carbons (Fsp3) is 0.231. The first-order chi connectivity index (χ1) is 9.01. The van der Waals surface area contributed by atoms with Crippen molar-refractivity contribution < 1.29 is 4.39 Å². The summed E-state index contributed by atoms with van der Waals surface area (Å²) < 4.78 is 14.5. The van der Waals surface area contributed by atoms with E-state index in [1.165, 1.54) is 6.07 Å². The maximum absolute atomic E-state index is 13.7. The van der Waals surface area contributed by atoms with Gasteiger partial charge in [0.15, 0.2) is 0 Å². The van der Waals surface area contributed by atoms with Crippen LogP contribution in [0, 0.1) is 12.7 Å². The summed E-state index contributed by atoms with van der Waals surface area (Å²) in [7, 11) is 0. The van der Waals surface area contributed by atoms with Crippen LogP contribution in [0.1, 0.15) is 18.3 Å². The van der Waals surface area contributed by atoms with Gasteiger partial charge in [0.25, 0.3) is 0 Å². The van der Waals surface area contributed by atoms with E-state index in [0.717, 1.165) is 4.47 Å². The average Bonchev–Trinajstić information content (AvgIpc) is 2.38. The molecule has 1 aromatic carbocycles. The topological polar surface area (TPSA) is 37.8 Å². The molecule has 1 heterocycles. The van der Waals surface area contributed by atoms with Crippen molar-refractivity contribution in [2.75, 3.05) is 5.32 Å². The van der Waals surface area contributed by atoms with Crippen LogP contribution in [-0.4, -0.2) is 9.97 Å². The molecule has 0 saturated carbocycles. The minimum absolute atomic E-state index is 0.342. The summed E-state index contributed by atoms with van der Waals surface area (Å²) in [6, 6.07) is 4.67. The van der Waals surface area contributed by atoms with E-state index in [1.54, 1.807) is 19.1 Å². The summed E-state index contributed by atoms with van der Waals surface area (Å²) in [6.45, 7) is 3.73. The molecule has 0 aliphatic rings. The number of aryl methyl sites for hydroxylation is 1. The molecular weight excluding hydrogens is 333 g/mol. The van der Waals surface area contributed by atoms with Gasteiger partial charge in [-0.05, 0) is 25.1 Å². The highest BCUT2D eigenvalue weighted by molar-refractivity contribution is 9.10. The Hall–Kier alpha value is -1.20. The highest BCUT2D eigenvalue weighted by Crippen LogP contribution is 2.27. The second-order valence-electron chi connectivity index (χ2n) is 4.01. The zero-order valence-corrected chi connectivity index (χ0v) is 12.8. The van der Waals surface area contributed by atoms with E-state index in [1.807, 2.05) is 6.92 Å². The summed E-state index contributed by atoms with van der Waals surface area (Å²) in [5.74, 6) is 0.790. The first-order valence-electron chi connectivity index (χ1n) is 5.76. The molecule has 0 bridgehead atoms. The molecule has 6 heteroatoms. The molecular formula is C13H12BrClFN3. The van der Waals surface area contributed by atoms with E-state index in [4.69, 9.17) is 11.6 Å². The van der Waals surface area contributed by atoms with Gasteiger partial charge in [0.05, 0.1) is 5.69 Å². The quantitative estimate of drug-likeness (QED) is 0.824. The van der Waals surface area contributed by atoms with Gasteiger partial charge in [0, 0.05) is 16.5 Å². The van der Waals surface area contributed by atoms with Gasteiger partial charge in [-0.3, -0.25) is 0 Å². The molecule has 19 heavy (non-hydrogen) atoms. The average molecular weight is 345 g/mol. The van der Waals surface area contributed by atoms with Crippen molar-refractivity contribution in [3.8, 4) is 0 Å². The molecule has 1 aromatic heterocycles. The number of anilines is 2. The van der Waals surface area contributed by atoms with Crippen LogP contribution in [0.5, 0.6) is 0 Å². The van der Waals surface area contributed by atoms with Crippen LogP contribution in [0.4, 0.5) is 15.9 Å². The molecule has 0 radical (unpaired) electrons. The molecule has 3 nitrogen and oxygen atoms in total. The summed E-state index contributed by atoms with van der Waals surface area (Å²) in [5, 5.41) is 3.34. The molecule has 0 saturated heterocycles. The van der Waals surface area contributed by atoms with Crippen molar-refractivity contribution in [3.63, 3.8) is 0 Å². The number of hydrogen-bond acceptors (Lipinski definition) is 3. The number of aromatic nitrogens is 2. The molecule has 0 aliphatic carbocycles. The minimum Gasteiger partial charge on any atom is -0.337 e. The monoisotopic (exact) mass is 343 g/mol. The molecule has 0 spiro atoms. The lowest BCUT2D eigenvalue weighted by Crippen LogP contribution is -2.04. The largest absolute Gasteiger partial charge is 0.337 e. The summed E-state index contributed by atoms with van der Waals surface area (Å²) in [4.78, 5) is 8.47. The predicted molar refractivity (Wildman–Crippen MR) is 78.5 cm³/mol. The van der Waals surface area contributed by atoms with Crippen LogP contribution in [-0.2, 0) is 6.42 Å². The molecule has 1 N–H and O–H groups in total. The molecule has 0 unspecified atom stereocenters. The van der Waals surface area contributed by atoms with Crippen LogP contribution in [0.2, 0.25) is 5.15 Å². The van der Waals surface area contributed by atoms with Crippen molar-refractivity contribution in [1.29, 1.82) is 0 Å². The number of benzene rings is 1. The Balaban J connectivity index is 2.42. The molecule has 0 fully saturated rings. The Morgan fingerprint density at radius 3 is 2.79 bits per heavy atom. The maximum atomic E-state index is 13.7. The fourth-order valence-corrected chi connectivity index (χ4v) is 2.08. The van der Waals surface area contributed by atoms with Crippen LogP contribution >= 0.6 is 27.5 Å². The number of halogens is 3. The Bertz CT molecular complexity index is 619. The molecule has 0 aliphatic heterocycles. The Morgan fingerprint density at radius 1 is 1.37 bits per heavy atom. The van der Waals surface area contributed by atoms with E-state index >= 15 is 0 Å². The molecule has 0 atom stereocenters. The zero-order chi connectivity index (χ0) is 14.0. The molecule has 2 rings (SSSR count). The fourth-order valence-electron chi connectivity index (χ4n) is 1.53. The van der Waals surface area contributed by atoms with Gasteiger partial charge in [-0.15, -0.1) is 0 Å². The van der Waals surface area contributed by atoms with Crippen LogP contribution < -0.4 is 5.32 Å². The van der Waals surface area contributed by atoms with Crippen molar-refractivity contribution in [3.05, 3.63) is 45.0 Å². The van der Waals surface area contributed by atoms with Crippen molar-refractivity contribution in [1.82, 2.24) is 9.97 Å². The van der Waals surface area contributed by atoms with E-state index in [9.17, 15) is 4.39 Å². The van der Waals surface area contributed by atoms with Crippen molar-refractivity contribution >= 4 is 39.0 Å². The normalized spacial score (nSPS) is 10.6. The lowest BCUT2D eigenvalue weighted by atomic mass is 10.2. The van der Waals surface area contributed by atoms with Crippen molar-refractivity contribution in [2.24, 2.45) is 0 Å². The first kappa shape index (κ1) is 14.2. The number of nitrogens with one attached hydrogen (secondary N) is 1. The van der Waals surface area contributed by atoms with Crippen LogP contribution in [0.3, 0.4) is 0 Å². The van der Waals surface area contributed by atoms with Gasteiger partial charge < -0.3 is 5.32 Å². The zero-order valence-electron chi connectivity index (χ0n) is 10.5. The molecule has 0 amide bonds. The molecule has 2 aromatic rings. The number of nitrogens with zero attached hydrogens (tertiary/aromatic N) is 2.